The number of piperidine rings is 1. The second-order valence-corrected chi connectivity index (χ2v) is 8.01. The first-order chi connectivity index (χ1) is 15.0. The number of urea groups is 1. The minimum Gasteiger partial charge on any atom is -0.493 e. The van der Waals surface area contributed by atoms with E-state index in [2.05, 4.69) is 10.3 Å². The number of nitrogens with zero attached hydrogens (tertiary/aromatic N) is 2. The topological polar surface area (TPSA) is 72.9 Å². The molecule has 0 radical (unpaired) electrons. The normalized spacial score (nSPS) is 14.5. The molecule has 2 amide bonds. The first kappa shape index (κ1) is 21.1. The Hall–Kier alpha value is -3.14. The number of amides is 2. The molecule has 1 fully saturated rings. The van der Waals surface area contributed by atoms with Gasteiger partial charge in [-0.1, -0.05) is 11.3 Å². The maximum absolute atomic E-state index is 13.8. The summed E-state index contributed by atoms with van der Waals surface area (Å²) in [4.78, 5) is 18.4. The number of rotatable bonds is 5. The monoisotopic (exact) mass is 449 g/mol. The summed E-state index contributed by atoms with van der Waals surface area (Å²) in [7, 11) is 3.08. The molecule has 4 rings (SSSR count). The van der Waals surface area contributed by atoms with Gasteiger partial charge in [-0.15, -0.1) is 0 Å². The summed E-state index contributed by atoms with van der Waals surface area (Å²) in [6.45, 7) is 0.995. The van der Waals surface area contributed by atoms with Crippen LogP contribution in [0.1, 0.15) is 12.8 Å². The Kier molecular flexibility index (Phi) is 6.08. The number of nitrogens with one attached hydrogen (secondary N) is 1. The fraction of sp³-hybridized carbons (Fsp3) is 0.333. The molecule has 0 aliphatic carbocycles. The van der Waals surface area contributed by atoms with E-state index in [1.807, 2.05) is 0 Å². The van der Waals surface area contributed by atoms with Crippen molar-refractivity contribution in [2.24, 2.45) is 0 Å². The molecule has 31 heavy (non-hydrogen) atoms. The summed E-state index contributed by atoms with van der Waals surface area (Å²) in [6.07, 6.45) is 1.05. The van der Waals surface area contributed by atoms with Crippen LogP contribution in [-0.4, -0.2) is 49.3 Å². The lowest BCUT2D eigenvalue weighted by Gasteiger charge is -2.31. The molecule has 1 saturated heterocycles. The number of hydrogen-bond donors (Lipinski definition) is 1. The van der Waals surface area contributed by atoms with Gasteiger partial charge in [0.2, 0.25) is 0 Å². The molecule has 0 unspecified atom stereocenters. The average molecular weight is 449 g/mol. The molecule has 2 heterocycles. The van der Waals surface area contributed by atoms with Crippen molar-refractivity contribution in [3.8, 4) is 16.7 Å². The lowest BCUT2D eigenvalue weighted by Crippen LogP contribution is -2.43. The largest absolute Gasteiger partial charge is 0.493 e. The van der Waals surface area contributed by atoms with E-state index in [0.29, 0.717) is 53.0 Å². The number of anilines is 1. The third-order valence-corrected chi connectivity index (χ3v) is 5.92. The van der Waals surface area contributed by atoms with E-state index in [0.717, 1.165) is 17.4 Å². The van der Waals surface area contributed by atoms with E-state index in [9.17, 15) is 13.6 Å². The van der Waals surface area contributed by atoms with Crippen molar-refractivity contribution >= 4 is 33.3 Å². The number of methoxy groups -OCH3 is 2. The van der Waals surface area contributed by atoms with Gasteiger partial charge >= 0.3 is 6.03 Å². The van der Waals surface area contributed by atoms with Crippen LogP contribution in [0.5, 0.6) is 16.7 Å². The van der Waals surface area contributed by atoms with E-state index < -0.39 is 11.6 Å². The zero-order valence-corrected chi connectivity index (χ0v) is 17.8. The second-order valence-electron chi connectivity index (χ2n) is 7.02. The number of carbonyl (C=O) groups is 1. The molecule has 0 bridgehead atoms. The Morgan fingerprint density at radius 1 is 1.13 bits per heavy atom. The number of benzene rings is 2. The molecule has 1 aliphatic rings. The maximum atomic E-state index is 13.8. The van der Waals surface area contributed by atoms with Crippen LogP contribution in [0.25, 0.3) is 10.2 Å². The highest BCUT2D eigenvalue weighted by atomic mass is 32.1. The number of fused-ring (bicyclic) bond motifs is 1. The van der Waals surface area contributed by atoms with Crippen LogP contribution in [0.2, 0.25) is 0 Å². The number of carbonyl (C=O) groups excluding carboxylic acids is 1. The molecule has 7 nitrogen and oxygen atoms in total. The third kappa shape index (κ3) is 4.63. The van der Waals surface area contributed by atoms with Crippen molar-refractivity contribution in [3.63, 3.8) is 0 Å². The molecule has 1 aromatic heterocycles. The maximum Gasteiger partial charge on any atom is 0.321 e. The van der Waals surface area contributed by atoms with Gasteiger partial charge in [-0.2, -0.15) is 4.98 Å². The Bertz CT molecular complexity index is 1100. The van der Waals surface area contributed by atoms with Crippen LogP contribution < -0.4 is 19.5 Å². The fourth-order valence-corrected chi connectivity index (χ4v) is 4.34. The Balaban J connectivity index is 1.33. The molecule has 164 valence electrons. The van der Waals surface area contributed by atoms with Gasteiger partial charge in [-0.05, 0) is 18.2 Å². The van der Waals surface area contributed by atoms with Gasteiger partial charge in [0.15, 0.2) is 17.3 Å². The van der Waals surface area contributed by atoms with Crippen molar-refractivity contribution in [2.75, 3.05) is 32.6 Å². The van der Waals surface area contributed by atoms with Crippen molar-refractivity contribution in [3.05, 3.63) is 42.0 Å². The molecule has 10 heteroatoms. The van der Waals surface area contributed by atoms with Crippen LogP contribution >= 0.6 is 11.3 Å². The molecule has 0 atom stereocenters. The van der Waals surface area contributed by atoms with Crippen LogP contribution in [-0.2, 0) is 0 Å². The minimum atomic E-state index is -0.706. The number of ether oxygens (including phenoxy) is 3. The van der Waals surface area contributed by atoms with E-state index in [1.165, 1.54) is 13.2 Å². The molecule has 1 aliphatic heterocycles. The summed E-state index contributed by atoms with van der Waals surface area (Å²) in [6, 6.07) is 6.99. The van der Waals surface area contributed by atoms with Crippen molar-refractivity contribution in [2.45, 2.75) is 18.9 Å². The predicted molar refractivity (Wildman–Crippen MR) is 113 cm³/mol. The van der Waals surface area contributed by atoms with E-state index >= 15 is 0 Å². The summed E-state index contributed by atoms with van der Waals surface area (Å²) >= 11 is 1.11. The molecule has 0 saturated carbocycles. The SMILES string of the molecule is COc1ccc(NC(=O)N2CCC(Oc3nc4c(F)cc(F)cc4s3)CC2)cc1OC. The van der Waals surface area contributed by atoms with Crippen LogP contribution in [0.15, 0.2) is 30.3 Å². The van der Waals surface area contributed by atoms with Gasteiger partial charge in [0.25, 0.3) is 5.19 Å². The summed E-state index contributed by atoms with van der Waals surface area (Å²) in [5.74, 6) is -0.243. The van der Waals surface area contributed by atoms with Crippen LogP contribution in [0.4, 0.5) is 19.3 Å². The zero-order chi connectivity index (χ0) is 22.0. The summed E-state index contributed by atoms with van der Waals surface area (Å²) in [5, 5.41) is 3.15. The number of aromatic nitrogens is 1. The van der Waals surface area contributed by atoms with Gasteiger partial charge in [0.05, 0.1) is 18.9 Å². The minimum absolute atomic E-state index is 0.105. The molecule has 1 N–H and O–H groups in total. The number of halogens is 2. The molecular formula is C21H21F2N3O4S. The highest BCUT2D eigenvalue weighted by molar-refractivity contribution is 7.20. The van der Waals surface area contributed by atoms with Gasteiger partial charge in [-0.3, -0.25) is 0 Å². The second kappa shape index (κ2) is 8.93. The first-order valence-corrected chi connectivity index (χ1v) is 10.5. The van der Waals surface area contributed by atoms with E-state index in [-0.39, 0.29) is 17.7 Å². The first-order valence-electron chi connectivity index (χ1n) is 9.67. The van der Waals surface area contributed by atoms with Gasteiger partial charge in [0, 0.05) is 43.8 Å². The Morgan fingerprint density at radius 3 is 2.58 bits per heavy atom. The van der Waals surface area contributed by atoms with Gasteiger partial charge in [0.1, 0.15) is 17.4 Å². The summed E-state index contributed by atoms with van der Waals surface area (Å²) < 4.78 is 43.9. The third-order valence-electron chi connectivity index (χ3n) is 5.03. The molecular weight excluding hydrogens is 428 g/mol. The highest BCUT2D eigenvalue weighted by Crippen LogP contribution is 2.32. The number of hydrogen-bond acceptors (Lipinski definition) is 6. The van der Waals surface area contributed by atoms with Crippen molar-refractivity contribution in [1.82, 2.24) is 9.88 Å². The lowest BCUT2D eigenvalue weighted by molar-refractivity contribution is 0.115. The molecule has 0 spiro atoms. The standard InChI is InChI=1S/C21H21F2N3O4S/c1-28-16-4-3-13(11-17(16)29-2)24-20(27)26-7-5-14(6-8-26)30-21-25-19-15(23)9-12(22)10-18(19)31-21/h3-4,9-11,14H,5-8H2,1-2H3,(H,24,27). The smallest absolute Gasteiger partial charge is 0.321 e. The predicted octanol–water partition coefficient (Wildman–Crippen LogP) is 4.67. The van der Waals surface area contributed by atoms with Crippen molar-refractivity contribution < 1.29 is 27.8 Å². The Morgan fingerprint density at radius 2 is 1.87 bits per heavy atom. The van der Waals surface area contributed by atoms with Crippen molar-refractivity contribution in [1.29, 1.82) is 0 Å². The summed E-state index contributed by atoms with van der Waals surface area (Å²) in [5.41, 5.74) is 0.706. The number of likely N-dealkylation sites (tertiary alicyclic amines) is 1. The Labute approximate surface area is 181 Å². The highest BCUT2D eigenvalue weighted by Gasteiger charge is 2.25. The lowest BCUT2D eigenvalue weighted by atomic mass is 10.1. The average Bonchev–Trinajstić information content (AvgIpc) is 3.16. The van der Waals surface area contributed by atoms with Crippen LogP contribution in [0, 0.1) is 11.6 Å². The van der Waals surface area contributed by atoms with E-state index in [1.54, 1.807) is 30.2 Å². The molecule has 3 aromatic rings. The van der Waals surface area contributed by atoms with Crippen LogP contribution in [0.3, 0.4) is 0 Å². The quantitative estimate of drug-likeness (QED) is 0.613. The van der Waals surface area contributed by atoms with Gasteiger partial charge < -0.3 is 24.4 Å². The van der Waals surface area contributed by atoms with E-state index in [4.69, 9.17) is 14.2 Å². The fourth-order valence-electron chi connectivity index (χ4n) is 3.42. The molecule has 2 aromatic carbocycles. The number of thiazole rings is 1. The zero-order valence-electron chi connectivity index (χ0n) is 17.0. The van der Waals surface area contributed by atoms with Gasteiger partial charge in [-0.25, -0.2) is 13.6 Å².